The van der Waals surface area contributed by atoms with Gasteiger partial charge in [0, 0.05) is 10.9 Å². The smallest absolute Gasteiger partial charge is 0.251 e. The third kappa shape index (κ3) is 3.89. The second-order valence-corrected chi connectivity index (χ2v) is 3.17. The normalized spacial score (nSPS) is 12.0. The van der Waals surface area contributed by atoms with Crippen molar-refractivity contribution in [2.45, 2.75) is 34.1 Å². The van der Waals surface area contributed by atoms with Crippen molar-refractivity contribution in [2.24, 2.45) is 0 Å². The first-order chi connectivity index (χ1) is 7.69. The highest BCUT2D eigenvalue weighted by Crippen LogP contribution is 1.78. The molecule has 1 aromatic heterocycles. The average molecular weight is 219 g/mol. The topological polar surface area (TPSA) is 32.9 Å². The first-order valence-corrected chi connectivity index (χ1v) is 5.72. The van der Waals surface area contributed by atoms with Crippen LogP contribution in [-0.2, 0) is 0 Å². The zero-order valence-corrected chi connectivity index (χ0v) is 10.6. The van der Waals surface area contributed by atoms with Crippen LogP contribution in [0.15, 0.2) is 23.5 Å². The van der Waals surface area contributed by atoms with Gasteiger partial charge in [0.25, 0.3) is 5.56 Å². The Hall–Kier alpha value is -1.57. The zero-order valence-electron chi connectivity index (χ0n) is 10.6. The highest BCUT2D eigenvalue weighted by molar-refractivity contribution is 5.37. The van der Waals surface area contributed by atoms with Crippen LogP contribution in [0.5, 0.6) is 0 Å². The summed E-state index contributed by atoms with van der Waals surface area (Å²) in [6.45, 7) is 11.5. The predicted molar refractivity (Wildman–Crippen MR) is 71.8 cm³/mol. The van der Waals surface area contributed by atoms with Crippen molar-refractivity contribution in [3.8, 4) is 0 Å². The maximum absolute atomic E-state index is 11.4. The summed E-state index contributed by atoms with van der Waals surface area (Å²) in [6, 6.07) is 1.88. The molecular weight excluding hydrogens is 198 g/mol. The van der Waals surface area contributed by atoms with Gasteiger partial charge in [-0.15, -0.1) is 0 Å². The zero-order chi connectivity index (χ0) is 12.6. The maximum Gasteiger partial charge on any atom is 0.251 e. The number of nitrogens with one attached hydrogen (secondary N) is 1. The van der Waals surface area contributed by atoms with Crippen molar-refractivity contribution in [2.75, 3.05) is 0 Å². The molecule has 0 saturated heterocycles. The molecule has 0 fully saturated rings. The Bertz CT molecular complexity index is 494. The molecule has 2 nitrogen and oxygen atoms in total. The van der Waals surface area contributed by atoms with Crippen LogP contribution in [0.4, 0.5) is 0 Å². The molecule has 0 unspecified atom stereocenters. The summed E-state index contributed by atoms with van der Waals surface area (Å²) in [4.78, 5) is 14.2. The summed E-state index contributed by atoms with van der Waals surface area (Å²) in [5.41, 5.74) is 0.706. The molecule has 88 valence electrons. The Morgan fingerprint density at radius 1 is 1.44 bits per heavy atom. The molecule has 1 heterocycles. The van der Waals surface area contributed by atoms with E-state index in [4.69, 9.17) is 0 Å². The van der Waals surface area contributed by atoms with E-state index in [-0.39, 0.29) is 5.56 Å². The summed E-state index contributed by atoms with van der Waals surface area (Å²) in [6.07, 6.45) is 6.51. The molecule has 1 N–H and O–H groups in total. The fraction of sp³-hybridized carbons (Fsp3) is 0.357. The van der Waals surface area contributed by atoms with Crippen molar-refractivity contribution in [3.63, 3.8) is 0 Å². The number of aromatic nitrogens is 1. The molecule has 0 bridgehead atoms. The Balaban J connectivity index is 0.00000106. The van der Waals surface area contributed by atoms with E-state index in [0.717, 1.165) is 22.6 Å². The van der Waals surface area contributed by atoms with Gasteiger partial charge < -0.3 is 4.98 Å². The first kappa shape index (κ1) is 14.4. The molecule has 0 aliphatic heterocycles. The minimum Gasteiger partial charge on any atom is -0.322 e. The maximum atomic E-state index is 11.4. The molecule has 0 amide bonds. The second kappa shape index (κ2) is 7.69. The third-order valence-corrected chi connectivity index (χ3v) is 2.00. The van der Waals surface area contributed by atoms with Gasteiger partial charge in [0.2, 0.25) is 0 Å². The average Bonchev–Trinajstić information content (AvgIpc) is 2.29. The molecule has 1 aromatic rings. The van der Waals surface area contributed by atoms with Crippen LogP contribution in [0, 0.1) is 6.92 Å². The number of pyridine rings is 1. The van der Waals surface area contributed by atoms with E-state index in [0.29, 0.717) is 0 Å². The monoisotopic (exact) mass is 219 g/mol. The SMILES string of the molecule is C=C/C=c1/cc(C)c(=O)[nH]/c1=C/CC.CC. The molecule has 0 aliphatic carbocycles. The second-order valence-electron chi connectivity index (χ2n) is 3.17. The van der Waals surface area contributed by atoms with E-state index < -0.39 is 0 Å². The van der Waals surface area contributed by atoms with Crippen LogP contribution in [0.25, 0.3) is 12.2 Å². The molecule has 0 aromatic carbocycles. The third-order valence-electron chi connectivity index (χ3n) is 2.00. The minimum absolute atomic E-state index is 0.0223. The number of aryl methyl sites for hydroxylation is 1. The van der Waals surface area contributed by atoms with E-state index in [2.05, 4.69) is 11.6 Å². The van der Waals surface area contributed by atoms with Gasteiger partial charge in [-0.25, -0.2) is 0 Å². The standard InChI is InChI=1S/C12H15NO.C2H6/c1-4-6-10-8-9(3)12(14)13-11(10)7-5-2;1-2/h4,6-8H,1,5H2,2-3H3,(H,13,14);1-2H3/b10-6-,11-7+;. The van der Waals surface area contributed by atoms with Crippen molar-refractivity contribution >= 4 is 12.2 Å². The highest BCUT2D eigenvalue weighted by atomic mass is 16.1. The molecule has 0 saturated carbocycles. The fourth-order valence-electron chi connectivity index (χ4n) is 1.31. The van der Waals surface area contributed by atoms with E-state index in [1.807, 2.05) is 39.0 Å². The van der Waals surface area contributed by atoms with Gasteiger partial charge in [-0.3, -0.25) is 4.79 Å². The van der Waals surface area contributed by atoms with Crippen LogP contribution in [0.2, 0.25) is 0 Å². The number of allylic oxidation sites excluding steroid dienone is 1. The summed E-state index contributed by atoms with van der Waals surface area (Å²) in [5, 5.41) is 1.89. The van der Waals surface area contributed by atoms with Crippen molar-refractivity contribution in [1.82, 2.24) is 4.98 Å². The predicted octanol–water partition coefficient (Wildman–Crippen LogP) is 1.87. The highest BCUT2D eigenvalue weighted by Gasteiger charge is 1.92. The van der Waals surface area contributed by atoms with Gasteiger partial charge in [0.1, 0.15) is 0 Å². The van der Waals surface area contributed by atoms with Crippen LogP contribution in [-0.4, -0.2) is 4.98 Å². The lowest BCUT2D eigenvalue weighted by Crippen LogP contribution is -2.35. The van der Waals surface area contributed by atoms with Crippen LogP contribution in [0.1, 0.15) is 32.8 Å². The molecule has 2 heteroatoms. The van der Waals surface area contributed by atoms with E-state index >= 15 is 0 Å². The van der Waals surface area contributed by atoms with Crippen molar-refractivity contribution in [1.29, 1.82) is 0 Å². The quantitative estimate of drug-likeness (QED) is 0.809. The van der Waals surface area contributed by atoms with Gasteiger partial charge in [-0.05, 0) is 24.6 Å². The van der Waals surface area contributed by atoms with E-state index in [9.17, 15) is 4.79 Å². The molecular formula is C14H21NO. The number of H-pyrrole nitrogens is 1. The van der Waals surface area contributed by atoms with Gasteiger partial charge >= 0.3 is 0 Å². The largest absolute Gasteiger partial charge is 0.322 e. The van der Waals surface area contributed by atoms with Gasteiger partial charge in [-0.1, -0.05) is 45.6 Å². The number of aromatic amines is 1. The summed E-state index contributed by atoms with van der Waals surface area (Å²) in [5.74, 6) is 0. The van der Waals surface area contributed by atoms with E-state index in [1.54, 1.807) is 13.0 Å². The van der Waals surface area contributed by atoms with E-state index in [1.165, 1.54) is 0 Å². The van der Waals surface area contributed by atoms with Crippen LogP contribution in [0.3, 0.4) is 0 Å². The molecule has 1 rings (SSSR count). The molecule has 0 aliphatic rings. The van der Waals surface area contributed by atoms with Gasteiger partial charge in [0.15, 0.2) is 0 Å². The molecule has 0 atom stereocenters. The minimum atomic E-state index is -0.0223. The number of rotatable bonds is 2. The van der Waals surface area contributed by atoms with Crippen LogP contribution < -0.4 is 16.1 Å². The summed E-state index contributed by atoms with van der Waals surface area (Å²) >= 11 is 0. The Kier molecular flexibility index (Phi) is 6.93. The van der Waals surface area contributed by atoms with Crippen molar-refractivity contribution in [3.05, 3.63) is 45.2 Å². The Labute approximate surface area is 97.0 Å². The lowest BCUT2D eigenvalue weighted by Gasteiger charge is -1.93. The lowest BCUT2D eigenvalue weighted by molar-refractivity contribution is 1.10. The number of hydrogen-bond donors (Lipinski definition) is 1. The fourth-order valence-corrected chi connectivity index (χ4v) is 1.31. The summed E-state index contributed by atoms with van der Waals surface area (Å²) < 4.78 is 0. The summed E-state index contributed by atoms with van der Waals surface area (Å²) in [7, 11) is 0. The molecule has 0 spiro atoms. The molecule has 0 radical (unpaired) electrons. The molecule has 16 heavy (non-hydrogen) atoms. The Morgan fingerprint density at radius 3 is 2.56 bits per heavy atom. The van der Waals surface area contributed by atoms with Gasteiger partial charge in [-0.2, -0.15) is 0 Å². The van der Waals surface area contributed by atoms with Gasteiger partial charge in [0.05, 0.1) is 0 Å². The lowest BCUT2D eigenvalue weighted by atomic mass is 10.2. The number of hydrogen-bond acceptors (Lipinski definition) is 1. The van der Waals surface area contributed by atoms with Crippen molar-refractivity contribution < 1.29 is 0 Å². The Morgan fingerprint density at radius 2 is 2.06 bits per heavy atom. The first-order valence-electron chi connectivity index (χ1n) is 5.72. The van der Waals surface area contributed by atoms with Crippen LogP contribution >= 0.6 is 0 Å².